The van der Waals surface area contributed by atoms with Gasteiger partial charge in [-0.15, -0.1) is 11.3 Å². The van der Waals surface area contributed by atoms with Gasteiger partial charge in [-0.3, -0.25) is 9.69 Å². The minimum Gasteiger partial charge on any atom is -0.465 e. The van der Waals surface area contributed by atoms with E-state index in [1.807, 2.05) is 25.2 Å². The third-order valence-electron chi connectivity index (χ3n) is 4.53. The van der Waals surface area contributed by atoms with Crippen LogP contribution in [-0.2, 0) is 6.54 Å². The summed E-state index contributed by atoms with van der Waals surface area (Å²) in [5.41, 5.74) is 0.624. The standard InChI is InChI=1S/C18H23BrN2O2S/c1-12-16(17(19)13(2)23-12)18(22)20-9-14-5-3-7-21(10-14)11-15-6-4-8-24-15/h4,6,8,14H,3,5,7,9-11H2,1-2H3,(H,20,22). The number of halogens is 1. The molecule has 6 heteroatoms. The Morgan fingerprint density at radius 2 is 2.29 bits per heavy atom. The van der Waals surface area contributed by atoms with E-state index >= 15 is 0 Å². The molecule has 1 unspecified atom stereocenters. The molecule has 0 aliphatic carbocycles. The van der Waals surface area contributed by atoms with Crippen LogP contribution in [0.1, 0.15) is 39.6 Å². The van der Waals surface area contributed by atoms with Crippen molar-refractivity contribution >= 4 is 33.2 Å². The van der Waals surface area contributed by atoms with Crippen molar-refractivity contribution < 1.29 is 9.21 Å². The van der Waals surface area contributed by atoms with Gasteiger partial charge in [0.15, 0.2) is 0 Å². The molecule has 0 saturated carbocycles. The van der Waals surface area contributed by atoms with Gasteiger partial charge in [0.05, 0.1) is 10.0 Å². The second-order valence-electron chi connectivity index (χ2n) is 6.44. The molecule has 0 bridgehead atoms. The van der Waals surface area contributed by atoms with Gasteiger partial charge in [0, 0.05) is 24.5 Å². The van der Waals surface area contributed by atoms with Crippen LogP contribution in [-0.4, -0.2) is 30.4 Å². The summed E-state index contributed by atoms with van der Waals surface area (Å²) in [6, 6.07) is 4.30. The van der Waals surface area contributed by atoms with E-state index in [0.717, 1.165) is 36.4 Å². The molecule has 0 aromatic carbocycles. The van der Waals surface area contributed by atoms with Crippen molar-refractivity contribution in [2.75, 3.05) is 19.6 Å². The molecule has 0 spiro atoms. The topological polar surface area (TPSA) is 45.5 Å². The second kappa shape index (κ2) is 7.85. The van der Waals surface area contributed by atoms with E-state index in [9.17, 15) is 4.79 Å². The molecule has 1 aliphatic rings. The Hall–Kier alpha value is -1.11. The average Bonchev–Trinajstić information content (AvgIpc) is 3.14. The van der Waals surface area contributed by atoms with Gasteiger partial charge in [0.1, 0.15) is 11.5 Å². The van der Waals surface area contributed by atoms with Crippen molar-refractivity contribution in [1.82, 2.24) is 10.2 Å². The smallest absolute Gasteiger partial charge is 0.256 e. The summed E-state index contributed by atoms with van der Waals surface area (Å²) in [6.45, 7) is 7.62. The highest BCUT2D eigenvalue weighted by molar-refractivity contribution is 9.10. The van der Waals surface area contributed by atoms with E-state index in [2.05, 4.69) is 43.7 Å². The van der Waals surface area contributed by atoms with E-state index < -0.39 is 0 Å². The van der Waals surface area contributed by atoms with Crippen LogP contribution in [0, 0.1) is 19.8 Å². The molecule has 4 nitrogen and oxygen atoms in total. The molecule has 3 rings (SSSR count). The van der Waals surface area contributed by atoms with Crippen LogP contribution in [0.4, 0.5) is 0 Å². The number of likely N-dealkylation sites (tertiary alicyclic amines) is 1. The van der Waals surface area contributed by atoms with Gasteiger partial charge in [0.25, 0.3) is 5.91 Å². The molecule has 2 aromatic heterocycles. The highest BCUT2D eigenvalue weighted by Gasteiger charge is 2.23. The number of hydrogen-bond donors (Lipinski definition) is 1. The molecule has 1 N–H and O–H groups in total. The molecular weight excluding hydrogens is 388 g/mol. The largest absolute Gasteiger partial charge is 0.465 e. The zero-order valence-corrected chi connectivity index (χ0v) is 16.5. The summed E-state index contributed by atoms with van der Waals surface area (Å²) >= 11 is 5.26. The fraction of sp³-hybridized carbons (Fsp3) is 0.500. The Morgan fingerprint density at radius 3 is 2.96 bits per heavy atom. The molecule has 1 atom stereocenters. The number of aryl methyl sites for hydroxylation is 2. The molecule has 1 fully saturated rings. The molecule has 3 heterocycles. The van der Waals surface area contributed by atoms with Crippen LogP contribution in [0.15, 0.2) is 26.4 Å². The number of furan rings is 1. The Kier molecular flexibility index (Phi) is 5.79. The van der Waals surface area contributed by atoms with Crippen molar-refractivity contribution in [1.29, 1.82) is 0 Å². The van der Waals surface area contributed by atoms with Gasteiger partial charge >= 0.3 is 0 Å². The lowest BCUT2D eigenvalue weighted by Gasteiger charge is -2.32. The van der Waals surface area contributed by atoms with Crippen molar-refractivity contribution in [3.63, 3.8) is 0 Å². The quantitative estimate of drug-likeness (QED) is 0.795. The monoisotopic (exact) mass is 410 g/mol. The van der Waals surface area contributed by atoms with E-state index in [1.165, 1.54) is 17.7 Å². The zero-order valence-electron chi connectivity index (χ0n) is 14.1. The number of rotatable bonds is 5. The number of amides is 1. The normalized spacial score (nSPS) is 18.7. The Balaban J connectivity index is 1.53. The van der Waals surface area contributed by atoms with Gasteiger partial charge in [-0.05, 0) is 66.5 Å². The maximum atomic E-state index is 12.5. The molecule has 24 heavy (non-hydrogen) atoms. The first-order chi connectivity index (χ1) is 11.5. The summed E-state index contributed by atoms with van der Waals surface area (Å²) in [5, 5.41) is 5.22. The lowest BCUT2D eigenvalue weighted by molar-refractivity contribution is 0.0928. The SMILES string of the molecule is Cc1oc(C)c(C(=O)NCC2CCCN(Cc3cccs3)C2)c1Br. The highest BCUT2D eigenvalue weighted by Crippen LogP contribution is 2.27. The first kappa shape index (κ1) is 17.7. The molecule has 1 saturated heterocycles. The maximum Gasteiger partial charge on any atom is 0.256 e. The number of nitrogens with zero attached hydrogens (tertiary/aromatic N) is 1. The Bertz CT molecular complexity index is 696. The zero-order chi connectivity index (χ0) is 17.1. The summed E-state index contributed by atoms with van der Waals surface area (Å²) in [5.74, 6) is 1.87. The van der Waals surface area contributed by atoms with Crippen molar-refractivity contribution in [2.45, 2.75) is 33.2 Å². The van der Waals surface area contributed by atoms with E-state index in [0.29, 0.717) is 17.2 Å². The van der Waals surface area contributed by atoms with Crippen LogP contribution < -0.4 is 5.32 Å². The Labute approximate surface area is 155 Å². The van der Waals surface area contributed by atoms with Crippen LogP contribution in [0.25, 0.3) is 0 Å². The van der Waals surface area contributed by atoms with Gasteiger partial charge in [-0.25, -0.2) is 0 Å². The van der Waals surface area contributed by atoms with E-state index in [4.69, 9.17) is 4.42 Å². The van der Waals surface area contributed by atoms with Gasteiger partial charge in [0.2, 0.25) is 0 Å². The van der Waals surface area contributed by atoms with Crippen molar-refractivity contribution in [2.24, 2.45) is 5.92 Å². The number of thiophene rings is 1. The van der Waals surface area contributed by atoms with Crippen molar-refractivity contribution in [3.8, 4) is 0 Å². The third kappa shape index (κ3) is 4.10. The highest BCUT2D eigenvalue weighted by atomic mass is 79.9. The summed E-state index contributed by atoms with van der Waals surface area (Å²) in [6.07, 6.45) is 2.37. The number of nitrogens with one attached hydrogen (secondary N) is 1. The number of carbonyl (C=O) groups excluding carboxylic acids is 1. The molecule has 1 aliphatic heterocycles. The first-order valence-corrected chi connectivity index (χ1v) is 10.00. The fourth-order valence-corrected chi connectivity index (χ4v) is 4.61. The number of piperidine rings is 1. The minimum atomic E-state index is -0.0494. The lowest BCUT2D eigenvalue weighted by atomic mass is 9.98. The molecule has 1 amide bonds. The maximum absolute atomic E-state index is 12.5. The minimum absolute atomic E-state index is 0.0494. The summed E-state index contributed by atoms with van der Waals surface area (Å²) in [4.78, 5) is 16.4. The van der Waals surface area contributed by atoms with Crippen LogP contribution >= 0.6 is 27.3 Å². The third-order valence-corrected chi connectivity index (χ3v) is 6.34. The second-order valence-corrected chi connectivity index (χ2v) is 8.26. The number of carbonyl (C=O) groups is 1. The van der Waals surface area contributed by atoms with Gasteiger partial charge in [-0.1, -0.05) is 6.07 Å². The predicted octanol–water partition coefficient (Wildman–Crippen LogP) is 4.36. The van der Waals surface area contributed by atoms with E-state index in [1.54, 1.807) is 0 Å². The predicted molar refractivity (Wildman–Crippen MR) is 101 cm³/mol. The van der Waals surface area contributed by atoms with Crippen LogP contribution in [0.5, 0.6) is 0 Å². The summed E-state index contributed by atoms with van der Waals surface area (Å²) < 4.78 is 6.28. The first-order valence-electron chi connectivity index (χ1n) is 8.33. The number of hydrogen-bond acceptors (Lipinski definition) is 4. The van der Waals surface area contributed by atoms with Gasteiger partial charge < -0.3 is 9.73 Å². The fourth-order valence-electron chi connectivity index (χ4n) is 3.33. The Morgan fingerprint density at radius 1 is 1.46 bits per heavy atom. The molecule has 2 aromatic rings. The van der Waals surface area contributed by atoms with Gasteiger partial charge in [-0.2, -0.15) is 0 Å². The average molecular weight is 411 g/mol. The summed E-state index contributed by atoms with van der Waals surface area (Å²) in [7, 11) is 0. The lowest BCUT2D eigenvalue weighted by Crippen LogP contribution is -2.40. The molecular formula is C18H23BrN2O2S. The molecule has 0 radical (unpaired) electrons. The van der Waals surface area contributed by atoms with Crippen molar-refractivity contribution in [3.05, 3.63) is 43.9 Å². The van der Waals surface area contributed by atoms with Crippen LogP contribution in [0.3, 0.4) is 0 Å². The van der Waals surface area contributed by atoms with Crippen LogP contribution in [0.2, 0.25) is 0 Å². The molecule has 130 valence electrons. The van der Waals surface area contributed by atoms with E-state index in [-0.39, 0.29) is 5.91 Å².